The van der Waals surface area contributed by atoms with Crippen LogP contribution in [0.4, 0.5) is 0 Å². The van der Waals surface area contributed by atoms with Crippen molar-refractivity contribution in [2.75, 3.05) is 21.2 Å². The van der Waals surface area contributed by atoms with Crippen molar-refractivity contribution in [3.05, 3.63) is 33.3 Å². The first-order chi connectivity index (χ1) is 7.54. The van der Waals surface area contributed by atoms with Crippen LogP contribution >= 0.6 is 0 Å². The van der Waals surface area contributed by atoms with Crippen molar-refractivity contribution in [3.8, 4) is 0 Å². The Balaban J connectivity index is 2.78. The van der Waals surface area contributed by atoms with Crippen LogP contribution in [0, 0.1) is 0 Å². The second-order valence-corrected chi connectivity index (χ2v) is 5.57. The van der Waals surface area contributed by atoms with E-state index >= 15 is 0 Å². The van der Waals surface area contributed by atoms with Gasteiger partial charge in [0.1, 0.15) is 0 Å². The topological polar surface area (TPSA) is 46.6 Å². The Kier molecular flexibility index (Phi) is 4.52. The van der Waals surface area contributed by atoms with Crippen LogP contribution in [0.25, 0.3) is 0 Å². The Hall–Kier alpha value is -1.32. The van der Waals surface area contributed by atoms with Crippen LogP contribution < -0.4 is 0 Å². The summed E-state index contributed by atoms with van der Waals surface area (Å²) < 4.78 is 5.85. The van der Waals surface area contributed by atoms with Gasteiger partial charge < -0.3 is 0 Å². The number of allylic oxidation sites excluding steroid dienone is 1. The number of rotatable bonds is 4. The van der Waals surface area contributed by atoms with E-state index < -0.39 is 0 Å². The normalized spacial score (nSPS) is 10.4. The molecule has 0 aliphatic heterocycles. The van der Waals surface area contributed by atoms with Gasteiger partial charge in [0.2, 0.25) is 0 Å². The summed E-state index contributed by atoms with van der Waals surface area (Å²) in [5.74, 6) is -0.403. The zero-order valence-corrected chi connectivity index (χ0v) is 11.1. The fraction of sp³-hybridized carbons (Fsp3) is 0.273. The van der Waals surface area contributed by atoms with E-state index in [1.165, 1.54) is 13.2 Å². The summed E-state index contributed by atoms with van der Waals surface area (Å²) in [6.07, 6.45) is 3.19. The fourth-order valence-corrected chi connectivity index (χ4v) is 2.75. The van der Waals surface area contributed by atoms with Crippen LogP contribution in [0.1, 0.15) is 18.5 Å². The minimum absolute atomic E-state index is 0.0520. The van der Waals surface area contributed by atoms with Crippen LogP contribution in [-0.2, 0) is 4.74 Å². The first-order valence-electron chi connectivity index (χ1n) is 4.61. The predicted molar refractivity (Wildman–Crippen MR) is 61.9 cm³/mol. The number of hydrogen-bond donors (Lipinski definition) is 0. The number of carbonyl (C=O) groups excluding carboxylic acids is 2. The quantitative estimate of drug-likeness (QED) is 0.355. The Bertz CT molecular complexity index is 421. The van der Waals surface area contributed by atoms with Crippen molar-refractivity contribution in [3.63, 3.8) is 0 Å². The Morgan fingerprint density at radius 2 is 1.94 bits per heavy atom. The van der Waals surface area contributed by atoms with Crippen LogP contribution in [0.5, 0.6) is 0 Å². The Morgan fingerprint density at radius 1 is 1.31 bits per heavy atom. The van der Waals surface area contributed by atoms with E-state index in [-0.39, 0.29) is 26.3 Å². The van der Waals surface area contributed by atoms with Gasteiger partial charge in [0.15, 0.2) is 0 Å². The number of ether oxygens (including phenoxy) is 1. The number of nitrogens with zero attached hydrogens (tertiary/aromatic N) is 1. The molecule has 0 amide bonds. The molecule has 0 spiro atoms. The maximum atomic E-state index is 11.7. The molecule has 0 atom stereocenters. The van der Waals surface area contributed by atoms with Crippen molar-refractivity contribution >= 4 is 26.3 Å². The van der Waals surface area contributed by atoms with Crippen molar-refractivity contribution in [2.45, 2.75) is 0 Å². The van der Waals surface area contributed by atoms with E-state index in [1.807, 2.05) is 14.1 Å². The Labute approximate surface area is 100 Å². The molecule has 0 bridgehead atoms. The maximum absolute atomic E-state index is 11.7. The molecular formula is C11H13NO3Se. The summed E-state index contributed by atoms with van der Waals surface area (Å²) in [5.41, 5.74) is 0. The molecule has 1 aromatic rings. The molecule has 0 saturated carbocycles. The minimum atomic E-state index is -0.351. The molecule has 0 fully saturated rings. The van der Waals surface area contributed by atoms with E-state index in [2.05, 4.69) is 4.74 Å². The van der Waals surface area contributed by atoms with Gasteiger partial charge in [-0.05, 0) is 0 Å². The summed E-state index contributed by atoms with van der Waals surface area (Å²) in [4.78, 5) is 24.6. The summed E-state index contributed by atoms with van der Waals surface area (Å²) in [7, 11) is 5.02. The van der Waals surface area contributed by atoms with E-state index in [0.717, 1.165) is 0 Å². The molecular weight excluding hydrogens is 273 g/mol. The third-order valence-corrected chi connectivity index (χ3v) is 4.03. The van der Waals surface area contributed by atoms with Crippen molar-refractivity contribution in [1.29, 1.82) is 0 Å². The SMILES string of the molecule is COC(=O)c1ccc(C(=O)/C=C/N(C)C)[se]1. The van der Waals surface area contributed by atoms with Gasteiger partial charge in [-0.15, -0.1) is 0 Å². The molecule has 86 valence electrons. The molecule has 0 N–H and O–H groups in total. The molecule has 0 aliphatic rings. The Morgan fingerprint density at radius 3 is 2.50 bits per heavy atom. The average Bonchev–Trinajstić information content (AvgIpc) is 2.74. The van der Waals surface area contributed by atoms with Crippen LogP contribution in [0.3, 0.4) is 0 Å². The number of esters is 1. The van der Waals surface area contributed by atoms with Gasteiger partial charge in [0.25, 0.3) is 0 Å². The third kappa shape index (κ3) is 3.36. The van der Waals surface area contributed by atoms with E-state index in [1.54, 1.807) is 23.2 Å². The molecule has 0 aliphatic carbocycles. The second-order valence-electron chi connectivity index (χ2n) is 3.30. The predicted octanol–water partition coefficient (Wildman–Crippen LogP) is 0.788. The van der Waals surface area contributed by atoms with E-state index in [0.29, 0.717) is 8.87 Å². The number of hydrogen-bond acceptors (Lipinski definition) is 4. The van der Waals surface area contributed by atoms with Gasteiger partial charge in [0, 0.05) is 0 Å². The second kappa shape index (κ2) is 5.68. The van der Waals surface area contributed by atoms with Crippen molar-refractivity contribution in [2.24, 2.45) is 0 Å². The zero-order valence-electron chi connectivity index (χ0n) is 9.39. The molecule has 16 heavy (non-hydrogen) atoms. The van der Waals surface area contributed by atoms with Gasteiger partial charge in [0.05, 0.1) is 0 Å². The summed E-state index contributed by atoms with van der Waals surface area (Å²) in [5, 5.41) is 0. The van der Waals surface area contributed by atoms with Gasteiger partial charge in [-0.3, -0.25) is 0 Å². The first-order valence-corrected chi connectivity index (χ1v) is 6.33. The molecule has 1 rings (SSSR count). The molecule has 0 aromatic carbocycles. The van der Waals surface area contributed by atoms with Gasteiger partial charge >= 0.3 is 100.0 Å². The molecule has 1 heterocycles. The summed E-state index contributed by atoms with van der Waals surface area (Å²) >= 11 is -0.235. The average molecular weight is 286 g/mol. The van der Waals surface area contributed by atoms with Gasteiger partial charge in [-0.2, -0.15) is 0 Å². The van der Waals surface area contributed by atoms with E-state index in [4.69, 9.17) is 0 Å². The zero-order chi connectivity index (χ0) is 12.1. The number of ketones is 1. The molecule has 1 aromatic heterocycles. The van der Waals surface area contributed by atoms with Gasteiger partial charge in [-0.1, -0.05) is 0 Å². The molecule has 4 nitrogen and oxygen atoms in total. The molecule has 5 heteroatoms. The summed E-state index contributed by atoms with van der Waals surface area (Å²) in [6, 6.07) is 3.34. The van der Waals surface area contributed by atoms with Crippen LogP contribution in [-0.4, -0.2) is 52.4 Å². The van der Waals surface area contributed by atoms with Gasteiger partial charge in [-0.25, -0.2) is 0 Å². The third-order valence-electron chi connectivity index (χ3n) is 1.76. The monoisotopic (exact) mass is 287 g/mol. The van der Waals surface area contributed by atoms with Crippen LogP contribution in [0.15, 0.2) is 24.4 Å². The van der Waals surface area contributed by atoms with Crippen molar-refractivity contribution in [1.82, 2.24) is 4.90 Å². The fourth-order valence-electron chi connectivity index (χ4n) is 0.980. The first kappa shape index (κ1) is 12.7. The van der Waals surface area contributed by atoms with Crippen LogP contribution in [0.2, 0.25) is 0 Å². The standard InChI is InChI=1S/C11H13NO3Se/c1-12(2)7-6-8(13)9-4-5-10(16-9)11(14)15-3/h4-7H,1-3H3/b7-6+. The molecule has 0 radical (unpaired) electrons. The van der Waals surface area contributed by atoms with E-state index in [9.17, 15) is 9.59 Å². The number of carbonyl (C=O) groups is 2. The van der Waals surface area contributed by atoms with Crippen molar-refractivity contribution < 1.29 is 14.3 Å². The number of methoxy groups -OCH3 is 1. The summed E-state index contributed by atoms with van der Waals surface area (Å²) in [6.45, 7) is 0. The molecule has 0 saturated heterocycles. The molecule has 0 unspecified atom stereocenters.